The van der Waals surface area contributed by atoms with Gasteiger partial charge in [0.15, 0.2) is 18.2 Å². The Balaban J connectivity index is 1.79. The number of carbonyl (C=O) groups is 2. The van der Waals surface area contributed by atoms with Crippen LogP contribution in [0, 0.1) is 11.6 Å². The minimum Gasteiger partial charge on any atom is -0.480 e. The van der Waals surface area contributed by atoms with E-state index < -0.39 is 35.9 Å². The van der Waals surface area contributed by atoms with E-state index in [1.54, 1.807) is 12.1 Å². The molecule has 0 saturated heterocycles. The molecule has 0 aliphatic carbocycles. The maximum absolute atomic E-state index is 14.0. The molecule has 5 nitrogen and oxygen atoms in total. The van der Waals surface area contributed by atoms with Crippen LogP contribution in [0.1, 0.15) is 21.5 Å². The second-order valence-electron chi connectivity index (χ2n) is 6.58. The first-order chi connectivity index (χ1) is 14.4. The van der Waals surface area contributed by atoms with Gasteiger partial charge >= 0.3 is 5.97 Å². The molecular weight excluding hydrogens is 392 g/mol. The lowest BCUT2D eigenvalue weighted by molar-refractivity contribution is -0.134. The maximum atomic E-state index is 14.0. The summed E-state index contributed by atoms with van der Waals surface area (Å²) in [4.78, 5) is 25.6. The minimum atomic E-state index is -1.36. The average Bonchev–Trinajstić information content (AvgIpc) is 2.72. The number of aromatic carboxylic acids is 1. The van der Waals surface area contributed by atoms with Crippen LogP contribution in [0.5, 0.6) is 5.75 Å². The summed E-state index contributed by atoms with van der Waals surface area (Å²) in [7, 11) is 0. The van der Waals surface area contributed by atoms with E-state index in [9.17, 15) is 23.5 Å². The quantitative estimate of drug-likeness (QED) is 0.601. The van der Waals surface area contributed by atoms with E-state index in [0.29, 0.717) is 5.56 Å². The highest BCUT2D eigenvalue weighted by Crippen LogP contribution is 2.23. The lowest BCUT2D eigenvalue weighted by atomic mass is 10.1. The van der Waals surface area contributed by atoms with Gasteiger partial charge in [0.2, 0.25) is 0 Å². The van der Waals surface area contributed by atoms with Crippen LogP contribution in [-0.2, 0) is 17.9 Å². The minimum absolute atomic E-state index is 0.109. The van der Waals surface area contributed by atoms with E-state index >= 15 is 0 Å². The molecule has 7 heteroatoms. The van der Waals surface area contributed by atoms with Crippen LogP contribution in [0.3, 0.4) is 0 Å². The normalized spacial score (nSPS) is 10.5. The van der Waals surface area contributed by atoms with Gasteiger partial charge in [-0.25, -0.2) is 13.6 Å². The molecule has 0 bridgehead atoms. The van der Waals surface area contributed by atoms with Crippen LogP contribution in [0.15, 0.2) is 72.8 Å². The number of hydrogen-bond donors (Lipinski definition) is 1. The SMILES string of the molecule is O=C(O)c1cccc(F)c1OCC(=O)N(Cc1ccccc1)Cc1cccc(F)c1. The summed E-state index contributed by atoms with van der Waals surface area (Å²) in [6.07, 6.45) is 0. The van der Waals surface area contributed by atoms with Crippen molar-refractivity contribution in [3.8, 4) is 5.75 Å². The second-order valence-corrected chi connectivity index (χ2v) is 6.58. The van der Waals surface area contributed by atoms with Crippen LogP contribution in [0.4, 0.5) is 8.78 Å². The van der Waals surface area contributed by atoms with Crippen molar-refractivity contribution in [1.82, 2.24) is 4.90 Å². The topological polar surface area (TPSA) is 66.8 Å². The molecule has 0 fully saturated rings. The Morgan fingerprint density at radius 2 is 1.53 bits per heavy atom. The predicted molar refractivity (Wildman–Crippen MR) is 106 cm³/mol. The Morgan fingerprint density at radius 1 is 0.867 bits per heavy atom. The third kappa shape index (κ3) is 5.41. The number of hydrogen-bond acceptors (Lipinski definition) is 3. The smallest absolute Gasteiger partial charge is 0.339 e. The van der Waals surface area contributed by atoms with E-state index in [1.165, 1.54) is 29.2 Å². The molecule has 30 heavy (non-hydrogen) atoms. The molecule has 1 N–H and O–H groups in total. The zero-order valence-electron chi connectivity index (χ0n) is 15.9. The van der Waals surface area contributed by atoms with Crippen molar-refractivity contribution in [2.24, 2.45) is 0 Å². The summed E-state index contributed by atoms with van der Waals surface area (Å²) in [6.45, 7) is -0.232. The number of para-hydroxylation sites is 1. The molecule has 3 aromatic rings. The Hall–Kier alpha value is -3.74. The summed E-state index contributed by atoms with van der Waals surface area (Å²) >= 11 is 0. The third-order valence-corrected chi connectivity index (χ3v) is 4.37. The number of rotatable bonds is 8. The molecular formula is C23H19F2NO4. The number of ether oxygens (including phenoxy) is 1. The average molecular weight is 411 g/mol. The molecule has 0 heterocycles. The van der Waals surface area contributed by atoms with Gasteiger partial charge in [-0.05, 0) is 35.4 Å². The number of benzene rings is 3. The van der Waals surface area contributed by atoms with Crippen molar-refractivity contribution in [2.45, 2.75) is 13.1 Å². The highest BCUT2D eigenvalue weighted by molar-refractivity contribution is 5.91. The van der Waals surface area contributed by atoms with Gasteiger partial charge in [0.25, 0.3) is 5.91 Å². The second kappa shape index (κ2) is 9.65. The first-order valence-electron chi connectivity index (χ1n) is 9.15. The first kappa shape index (κ1) is 21.0. The van der Waals surface area contributed by atoms with Crippen molar-refractivity contribution < 1.29 is 28.2 Å². The van der Waals surface area contributed by atoms with Gasteiger partial charge < -0.3 is 14.7 Å². The van der Waals surface area contributed by atoms with Crippen molar-refractivity contribution in [1.29, 1.82) is 0 Å². The van der Waals surface area contributed by atoms with E-state index in [-0.39, 0.29) is 18.7 Å². The standard InChI is InChI=1S/C23H19F2NO4/c24-18-9-4-8-17(12-18)14-26(13-16-6-2-1-3-7-16)21(27)15-30-22-19(23(28)29)10-5-11-20(22)25/h1-12H,13-15H2,(H,28,29). The molecule has 0 aliphatic heterocycles. The molecule has 154 valence electrons. The zero-order chi connectivity index (χ0) is 21.5. The number of halogens is 2. The number of carbonyl (C=O) groups excluding carboxylic acids is 1. The number of carboxylic acids is 1. The fraction of sp³-hybridized carbons (Fsp3) is 0.130. The van der Waals surface area contributed by atoms with Gasteiger partial charge in [-0.1, -0.05) is 48.5 Å². The highest BCUT2D eigenvalue weighted by Gasteiger charge is 2.20. The lowest BCUT2D eigenvalue weighted by Crippen LogP contribution is -2.34. The maximum Gasteiger partial charge on any atom is 0.339 e. The van der Waals surface area contributed by atoms with Crippen LogP contribution in [0.25, 0.3) is 0 Å². The summed E-state index contributed by atoms with van der Waals surface area (Å²) in [5, 5.41) is 9.20. The third-order valence-electron chi connectivity index (χ3n) is 4.37. The summed E-state index contributed by atoms with van der Waals surface area (Å²) in [5.41, 5.74) is 1.05. The molecule has 0 unspecified atom stereocenters. The summed E-state index contributed by atoms with van der Waals surface area (Å²) in [5.74, 6) is -3.65. The molecule has 0 radical (unpaired) electrons. The van der Waals surface area contributed by atoms with Gasteiger partial charge in [0.1, 0.15) is 11.4 Å². The molecule has 0 aromatic heterocycles. The highest BCUT2D eigenvalue weighted by atomic mass is 19.1. The number of amides is 1. The predicted octanol–water partition coefficient (Wildman–Crippen LogP) is 4.27. The molecule has 0 atom stereocenters. The fourth-order valence-corrected chi connectivity index (χ4v) is 2.94. The Kier molecular flexibility index (Phi) is 6.75. The van der Waals surface area contributed by atoms with Crippen molar-refractivity contribution in [3.05, 3.63) is 101 Å². The van der Waals surface area contributed by atoms with E-state index in [2.05, 4.69) is 0 Å². The molecule has 3 rings (SSSR count). The van der Waals surface area contributed by atoms with Crippen molar-refractivity contribution in [3.63, 3.8) is 0 Å². The van der Waals surface area contributed by atoms with E-state index in [1.807, 2.05) is 30.3 Å². The zero-order valence-corrected chi connectivity index (χ0v) is 15.9. The Labute approximate surface area is 172 Å². The van der Waals surface area contributed by atoms with Gasteiger partial charge in [-0.15, -0.1) is 0 Å². The molecule has 0 saturated carbocycles. The molecule has 3 aromatic carbocycles. The van der Waals surface area contributed by atoms with Crippen LogP contribution < -0.4 is 4.74 Å². The van der Waals surface area contributed by atoms with Gasteiger partial charge in [-0.2, -0.15) is 0 Å². The monoisotopic (exact) mass is 411 g/mol. The van der Waals surface area contributed by atoms with Crippen LogP contribution in [0.2, 0.25) is 0 Å². The molecule has 0 spiro atoms. The Morgan fingerprint density at radius 3 is 2.23 bits per heavy atom. The van der Waals surface area contributed by atoms with Crippen molar-refractivity contribution in [2.75, 3.05) is 6.61 Å². The lowest BCUT2D eigenvalue weighted by Gasteiger charge is -2.23. The van der Waals surface area contributed by atoms with E-state index in [0.717, 1.165) is 11.6 Å². The van der Waals surface area contributed by atoms with Crippen molar-refractivity contribution >= 4 is 11.9 Å². The summed E-state index contributed by atoms with van der Waals surface area (Å²) in [6, 6.07) is 18.5. The number of carboxylic acid groups (broad SMARTS) is 1. The largest absolute Gasteiger partial charge is 0.480 e. The Bertz CT molecular complexity index is 1040. The molecule has 0 aliphatic rings. The van der Waals surface area contributed by atoms with E-state index in [4.69, 9.17) is 4.74 Å². The first-order valence-corrected chi connectivity index (χ1v) is 9.15. The van der Waals surface area contributed by atoms with Gasteiger partial charge in [0, 0.05) is 13.1 Å². The van der Waals surface area contributed by atoms with Gasteiger partial charge in [0.05, 0.1) is 0 Å². The fourth-order valence-electron chi connectivity index (χ4n) is 2.94. The summed E-state index contributed by atoms with van der Waals surface area (Å²) < 4.78 is 32.8. The van der Waals surface area contributed by atoms with Crippen LogP contribution in [-0.4, -0.2) is 28.5 Å². The van der Waals surface area contributed by atoms with Crippen LogP contribution >= 0.6 is 0 Å². The van der Waals surface area contributed by atoms with Gasteiger partial charge in [-0.3, -0.25) is 4.79 Å². The number of nitrogens with zero attached hydrogens (tertiary/aromatic N) is 1. The molecule has 1 amide bonds.